The van der Waals surface area contributed by atoms with Gasteiger partial charge < -0.3 is 15.2 Å². The van der Waals surface area contributed by atoms with Gasteiger partial charge in [-0.3, -0.25) is 0 Å². The molecule has 0 aliphatic rings. The van der Waals surface area contributed by atoms with Crippen molar-refractivity contribution in [1.82, 2.24) is 15.0 Å². The average Bonchev–Trinajstić information content (AvgIpc) is 2.86. The van der Waals surface area contributed by atoms with Crippen molar-refractivity contribution in [2.45, 2.75) is 13.1 Å². The first kappa shape index (κ1) is 13.3. The maximum atomic E-state index is 13.2. The Kier molecular flexibility index (Phi) is 4.30. The van der Waals surface area contributed by atoms with Gasteiger partial charge in [-0.1, -0.05) is 5.21 Å². The van der Waals surface area contributed by atoms with Crippen LogP contribution in [-0.2, 0) is 13.1 Å². The molecule has 1 heterocycles. The van der Waals surface area contributed by atoms with Gasteiger partial charge >= 0.3 is 0 Å². The largest absolute Gasteiger partial charge is 0.494 e. The monoisotopic (exact) mass is 266 g/mol. The fraction of sp³-hybridized carbons (Fsp3) is 0.333. The number of hydrogen-bond acceptors (Lipinski definition) is 5. The molecule has 0 aliphatic heterocycles. The number of methoxy groups -OCH3 is 1. The van der Waals surface area contributed by atoms with E-state index in [0.29, 0.717) is 13.1 Å². The maximum Gasteiger partial charge on any atom is 0.165 e. The van der Waals surface area contributed by atoms with Crippen molar-refractivity contribution in [3.05, 3.63) is 35.9 Å². The number of halogens is 1. The normalized spacial score (nSPS) is 10.5. The van der Waals surface area contributed by atoms with Crippen LogP contribution in [0.5, 0.6) is 5.75 Å². The Labute approximate surface area is 109 Å². The number of aromatic nitrogens is 3. The van der Waals surface area contributed by atoms with Crippen LogP contribution < -0.4 is 10.1 Å². The van der Waals surface area contributed by atoms with Gasteiger partial charge in [0.05, 0.1) is 33.0 Å². The summed E-state index contributed by atoms with van der Waals surface area (Å²) in [4.78, 5) is 0. The molecule has 1 aromatic carbocycles. The zero-order valence-corrected chi connectivity index (χ0v) is 10.5. The molecule has 0 radical (unpaired) electrons. The molecule has 2 aromatic rings. The molecule has 0 saturated heterocycles. The third-order valence-corrected chi connectivity index (χ3v) is 2.54. The van der Waals surface area contributed by atoms with E-state index in [4.69, 9.17) is 9.84 Å². The number of anilines is 1. The van der Waals surface area contributed by atoms with E-state index in [1.54, 1.807) is 23.0 Å². The predicted octanol–water partition coefficient (Wildman–Crippen LogP) is 1.03. The minimum atomic E-state index is -0.401. The van der Waals surface area contributed by atoms with Crippen molar-refractivity contribution in [2.24, 2.45) is 0 Å². The molecule has 7 heteroatoms. The van der Waals surface area contributed by atoms with Crippen LogP contribution in [0.25, 0.3) is 0 Å². The van der Waals surface area contributed by atoms with Gasteiger partial charge in [-0.2, -0.15) is 0 Å². The van der Waals surface area contributed by atoms with Crippen LogP contribution in [0.4, 0.5) is 10.1 Å². The van der Waals surface area contributed by atoms with E-state index >= 15 is 0 Å². The number of benzene rings is 1. The first-order valence-corrected chi connectivity index (χ1v) is 5.80. The van der Waals surface area contributed by atoms with E-state index in [1.165, 1.54) is 13.2 Å². The van der Waals surface area contributed by atoms with Crippen LogP contribution in [0.15, 0.2) is 24.4 Å². The summed E-state index contributed by atoms with van der Waals surface area (Å²) in [7, 11) is 1.42. The van der Waals surface area contributed by atoms with E-state index in [9.17, 15) is 4.39 Å². The first-order valence-electron chi connectivity index (χ1n) is 5.80. The summed E-state index contributed by atoms with van der Waals surface area (Å²) in [5, 5.41) is 19.7. The number of aliphatic hydroxyl groups excluding tert-OH is 1. The Hall–Kier alpha value is -2.15. The summed E-state index contributed by atoms with van der Waals surface area (Å²) < 4.78 is 19.7. The highest BCUT2D eigenvalue weighted by Crippen LogP contribution is 2.21. The Morgan fingerprint density at radius 3 is 3.05 bits per heavy atom. The van der Waals surface area contributed by atoms with Gasteiger partial charge in [0.1, 0.15) is 5.69 Å². The molecule has 2 N–H and O–H groups in total. The third kappa shape index (κ3) is 3.41. The molecule has 0 bridgehead atoms. The quantitative estimate of drug-likeness (QED) is 0.817. The highest BCUT2D eigenvalue weighted by Gasteiger charge is 2.04. The van der Waals surface area contributed by atoms with Gasteiger partial charge in [-0.05, 0) is 12.1 Å². The summed E-state index contributed by atoms with van der Waals surface area (Å²) in [6.07, 6.45) is 1.74. The summed E-state index contributed by atoms with van der Waals surface area (Å²) >= 11 is 0. The fourth-order valence-corrected chi connectivity index (χ4v) is 1.59. The van der Waals surface area contributed by atoms with Crippen LogP contribution in [0.1, 0.15) is 5.69 Å². The highest BCUT2D eigenvalue weighted by atomic mass is 19.1. The lowest BCUT2D eigenvalue weighted by molar-refractivity contribution is 0.268. The van der Waals surface area contributed by atoms with Crippen LogP contribution >= 0.6 is 0 Å². The zero-order chi connectivity index (χ0) is 13.7. The summed E-state index contributed by atoms with van der Waals surface area (Å²) in [6.45, 7) is 0.892. The van der Waals surface area contributed by atoms with Crippen molar-refractivity contribution >= 4 is 5.69 Å². The Balaban J connectivity index is 1.97. The van der Waals surface area contributed by atoms with Gasteiger partial charge in [0.25, 0.3) is 0 Å². The minimum absolute atomic E-state index is 0.0192. The second kappa shape index (κ2) is 6.14. The van der Waals surface area contributed by atoms with Crippen LogP contribution in [-0.4, -0.2) is 33.8 Å². The first-order chi connectivity index (χ1) is 9.22. The molecule has 19 heavy (non-hydrogen) atoms. The summed E-state index contributed by atoms with van der Waals surface area (Å²) in [5.41, 5.74) is 1.46. The Morgan fingerprint density at radius 2 is 2.32 bits per heavy atom. The van der Waals surface area contributed by atoms with Crippen molar-refractivity contribution in [3.8, 4) is 5.75 Å². The molecule has 0 fully saturated rings. The molecule has 1 aromatic heterocycles. The molecule has 6 nitrogen and oxygen atoms in total. The van der Waals surface area contributed by atoms with E-state index in [1.807, 2.05) is 0 Å². The predicted molar refractivity (Wildman–Crippen MR) is 67.4 cm³/mol. The minimum Gasteiger partial charge on any atom is -0.494 e. The van der Waals surface area contributed by atoms with Crippen LogP contribution in [0, 0.1) is 5.82 Å². The molecule has 0 spiro atoms. The molecular formula is C12H15FN4O2. The fourth-order valence-electron chi connectivity index (χ4n) is 1.59. The number of ether oxygens (including phenoxy) is 1. The summed E-state index contributed by atoms with van der Waals surface area (Å²) in [6, 6.07) is 4.53. The van der Waals surface area contributed by atoms with Gasteiger partial charge in [-0.25, -0.2) is 9.07 Å². The highest BCUT2D eigenvalue weighted by molar-refractivity contribution is 5.48. The standard InChI is InChI=1S/C12H15FN4O2/c1-19-12-6-9(2-3-11(12)13)14-7-10-8-17(4-5-18)16-15-10/h2-3,6,8,14,18H,4-5,7H2,1H3. The molecule has 0 aliphatic carbocycles. The molecule has 2 rings (SSSR count). The molecule has 0 atom stereocenters. The van der Waals surface area contributed by atoms with Gasteiger partial charge in [0.2, 0.25) is 0 Å². The van der Waals surface area contributed by atoms with Crippen LogP contribution in [0.3, 0.4) is 0 Å². The number of rotatable bonds is 6. The SMILES string of the molecule is COc1cc(NCc2cn(CCO)nn2)ccc1F. The van der Waals surface area contributed by atoms with E-state index in [-0.39, 0.29) is 12.4 Å². The van der Waals surface area contributed by atoms with Crippen molar-refractivity contribution in [3.63, 3.8) is 0 Å². The van der Waals surface area contributed by atoms with E-state index in [0.717, 1.165) is 11.4 Å². The maximum absolute atomic E-state index is 13.2. The lowest BCUT2D eigenvalue weighted by Crippen LogP contribution is -2.02. The van der Waals surface area contributed by atoms with Gasteiger partial charge in [0.15, 0.2) is 11.6 Å². The van der Waals surface area contributed by atoms with Crippen molar-refractivity contribution < 1.29 is 14.2 Å². The van der Waals surface area contributed by atoms with E-state index in [2.05, 4.69) is 15.6 Å². The molecule has 0 amide bonds. The lowest BCUT2D eigenvalue weighted by Gasteiger charge is -2.07. The summed E-state index contributed by atoms with van der Waals surface area (Å²) in [5.74, 6) is -0.212. The third-order valence-electron chi connectivity index (χ3n) is 2.54. The second-order valence-electron chi connectivity index (χ2n) is 3.90. The molecular weight excluding hydrogens is 251 g/mol. The number of nitrogens with one attached hydrogen (secondary N) is 1. The molecule has 102 valence electrons. The van der Waals surface area contributed by atoms with Crippen molar-refractivity contribution in [1.29, 1.82) is 0 Å². The number of hydrogen-bond donors (Lipinski definition) is 2. The molecule has 0 unspecified atom stereocenters. The van der Waals surface area contributed by atoms with E-state index < -0.39 is 5.82 Å². The van der Waals surface area contributed by atoms with Crippen molar-refractivity contribution in [2.75, 3.05) is 19.0 Å². The Bertz CT molecular complexity index is 544. The van der Waals surface area contributed by atoms with Gasteiger partial charge in [0, 0.05) is 11.8 Å². The zero-order valence-electron chi connectivity index (χ0n) is 10.5. The smallest absolute Gasteiger partial charge is 0.165 e. The topological polar surface area (TPSA) is 72.2 Å². The number of aliphatic hydroxyl groups is 1. The second-order valence-corrected chi connectivity index (χ2v) is 3.90. The Morgan fingerprint density at radius 1 is 1.47 bits per heavy atom. The number of nitrogens with zero attached hydrogens (tertiary/aromatic N) is 3. The molecule has 0 saturated carbocycles. The lowest BCUT2D eigenvalue weighted by atomic mass is 10.3. The van der Waals surface area contributed by atoms with Crippen LogP contribution in [0.2, 0.25) is 0 Å². The average molecular weight is 266 g/mol. The van der Waals surface area contributed by atoms with Gasteiger partial charge in [-0.15, -0.1) is 5.10 Å².